The summed E-state index contributed by atoms with van der Waals surface area (Å²) in [6.07, 6.45) is 0. The van der Waals surface area contributed by atoms with E-state index >= 15 is 0 Å². The molecule has 0 radical (unpaired) electrons. The van der Waals surface area contributed by atoms with Crippen molar-refractivity contribution in [1.82, 2.24) is 5.43 Å². The summed E-state index contributed by atoms with van der Waals surface area (Å²) in [4.78, 5) is 12.2. The second-order valence-corrected chi connectivity index (χ2v) is 5.67. The van der Waals surface area contributed by atoms with Crippen LogP contribution < -0.4 is 14.9 Å². The van der Waals surface area contributed by atoms with Gasteiger partial charge in [-0.3, -0.25) is 4.79 Å². The van der Waals surface area contributed by atoms with Gasteiger partial charge in [0.25, 0.3) is 5.91 Å². The number of amides is 1. The van der Waals surface area contributed by atoms with Crippen molar-refractivity contribution >= 4 is 34.8 Å². The van der Waals surface area contributed by atoms with Gasteiger partial charge in [-0.25, -0.2) is 5.43 Å². The lowest BCUT2D eigenvalue weighted by Crippen LogP contribution is -2.19. The number of nitrogens with one attached hydrogen (secondary N) is 1. The number of nitrogens with zero attached hydrogens (tertiary/aromatic N) is 1. The third-order valence-electron chi connectivity index (χ3n) is 3.30. The van der Waals surface area contributed by atoms with Crippen molar-refractivity contribution in [2.45, 2.75) is 6.92 Å². The number of carbonyl (C=O) groups is 1. The predicted octanol–water partition coefficient (Wildman–Crippen LogP) is 4.16. The first-order valence-electron chi connectivity index (χ1n) is 6.98. The van der Waals surface area contributed by atoms with E-state index in [9.17, 15) is 4.79 Å². The maximum atomic E-state index is 12.2. The van der Waals surface area contributed by atoms with E-state index in [1.807, 2.05) is 0 Å². The van der Waals surface area contributed by atoms with Gasteiger partial charge in [-0.05, 0) is 37.3 Å². The Morgan fingerprint density at radius 1 is 1.04 bits per heavy atom. The van der Waals surface area contributed by atoms with Crippen LogP contribution in [0, 0.1) is 0 Å². The van der Waals surface area contributed by atoms with E-state index in [1.165, 1.54) is 6.07 Å². The van der Waals surface area contributed by atoms with Crippen LogP contribution in [0.15, 0.2) is 41.5 Å². The van der Waals surface area contributed by atoms with Crippen LogP contribution in [0.4, 0.5) is 0 Å². The molecule has 0 heterocycles. The Balaban J connectivity index is 2.21. The minimum atomic E-state index is -0.427. The zero-order valence-electron chi connectivity index (χ0n) is 13.4. The average molecular weight is 367 g/mol. The molecule has 1 amide bonds. The fourth-order valence-electron chi connectivity index (χ4n) is 2.03. The van der Waals surface area contributed by atoms with Crippen molar-refractivity contribution in [3.63, 3.8) is 0 Å². The highest BCUT2D eigenvalue weighted by Crippen LogP contribution is 2.25. The van der Waals surface area contributed by atoms with Crippen molar-refractivity contribution in [3.05, 3.63) is 57.6 Å². The smallest absolute Gasteiger partial charge is 0.272 e. The van der Waals surface area contributed by atoms with Crippen molar-refractivity contribution in [2.75, 3.05) is 14.2 Å². The quantitative estimate of drug-likeness (QED) is 0.638. The van der Waals surface area contributed by atoms with E-state index in [1.54, 1.807) is 51.5 Å². The van der Waals surface area contributed by atoms with Gasteiger partial charge in [-0.15, -0.1) is 0 Å². The lowest BCUT2D eigenvalue weighted by molar-refractivity contribution is 0.0955. The number of ether oxygens (including phenoxy) is 2. The maximum absolute atomic E-state index is 12.2. The first kappa shape index (κ1) is 18.1. The average Bonchev–Trinajstić information content (AvgIpc) is 2.58. The van der Waals surface area contributed by atoms with Crippen LogP contribution in [-0.2, 0) is 0 Å². The summed E-state index contributed by atoms with van der Waals surface area (Å²) in [5.74, 6) is 0.832. The normalized spacial score (nSPS) is 11.1. The first-order valence-corrected chi connectivity index (χ1v) is 7.74. The highest BCUT2D eigenvalue weighted by molar-refractivity contribution is 6.36. The van der Waals surface area contributed by atoms with Crippen molar-refractivity contribution in [2.24, 2.45) is 5.10 Å². The summed E-state index contributed by atoms with van der Waals surface area (Å²) < 4.78 is 10.5. The van der Waals surface area contributed by atoms with Gasteiger partial charge in [0.2, 0.25) is 0 Å². The molecule has 2 aromatic rings. The topological polar surface area (TPSA) is 59.9 Å². The van der Waals surface area contributed by atoms with E-state index < -0.39 is 5.91 Å². The van der Waals surface area contributed by atoms with Crippen molar-refractivity contribution in [3.8, 4) is 11.5 Å². The predicted molar refractivity (Wildman–Crippen MR) is 95.7 cm³/mol. The maximum Gasteiger partial charge on any atom is 0.272 e. The molecule has 0 aliphatic rings. The summed E-state index contributed by atoms with van der Waals surface area (Å²) in [5.41, 5.74) is 4.08. The molecule has 0 aliphatic carbocycles. The van der Waals surface area contributed by atoms with E-state index in [0.717, 1.165) is 5.56 Å². The molecule has 0 aromatic heterocycles. The fraction of sp³-hybridized carbons (Fsp3) is 0.176. The number of hydrazone groups is 1. The second-order valence-electron chi connectivity index (χ2n) is 4.83. The van der Waals surface area contributed by atoms with Gasteiger partial charge in [-0.2, -0.15) is 5.10 Å². The van der Waals surface area contributed by atoms with Gasteiger partial charge in [0.1, 0.15) is 11.5 Å². The van der Waals surface area contributed by atoms with E-state index in [-0.39, 0.29) is 5.02 Å². The molecule has 7 heteroatoms. The SMILES string of the molecule is COc1ccc(/C(C)=N/NC(=O)c2ccc(Cl)cc2Cl)c(OC)c1. The Morgan fingerprint density at radius 3 is 2.38 bits per heavy atom. The number of benzene rings is 2. The van der Waals surface area contributed by atoms with Gasteiger partial charge < -0.3 is 9.47 Å². The second kappa shape index (κ2) is 8.04. The molecule has 0 atom stereocenters. The van der Waals surface area contributed by atoms with Crippen LogP contribution >= 0.6 is 23.2 Å². The number of halogens is 2. The summed E-state index contributed by atoms with van der Waals surface area (Å²) in [6.45, 7) is 1.76. The van der Waals surface area contributed by atoms with Crippen LogP contribution in [0.5, 0.6) is 11.5 Å². The zero-order valence-corrected chi connectivity index (χ0v) is 14.9. The summed E-state index contributed by atoms with van der Waals surface area (Å²) in [5, 5.41) is 4.82. The third-order valence-corrected chi connectivity index (χ3v) is 3.85. The van der Waals surface area contributed by atoms with Crippen molar-refractivity contribution in [1.29, 1.82) is 0 Å². The first-order chi connectivity index (χ1) is 11.5. The van der Waals surface area contributed by atoms with Crippen LogP contribution in [0.3, 0.4) is 0 Å². The molecule has 126 valence electrons. The molecule has 2 rings (SSSR count). The van der Waals surface area contributed by atoms with Crippen molar-refractivity contribution < 1.29 is 14.3 Å². The molecule has 0 saturated heterocycles. The number of hydrogen-bond acceptors (Lipinski definition) is 4. The molecular formula is C17H16Cl2N2O3. The van der Waals surface area contributed by atoms with Gasteiger partial charge in [-0.1, -0.05) is 23.2 Å². The summed E-state index contributed by atoms with van der Waals surface area (Å²) in [7, 11) is 3.13. The largest absolute Gasteiger partial charge is 0.497 e. The van der Waals surface area contributed by atoms with Crippen LogP contribution in [-0.4, -0.2) is 25.8 Å². The number of rotatable bonds is 5. The van der Waals surface area contributed by atoms with Crippen LogP contribution in [0.2, 0.25) is 10.0 Å². The fourth-order valence-corrected chi connectivity index (χ4v) is 2.52. The van der Waals surface area contributed by atoms with E-state index in [4.69, 9.17) is 32.7 Å². The Kier molecular flexibility index (Phi) is 6.06. The lowest BCUT2D eigenvalue weighted by atomic mass is 10.1. The number of hydrogen-bond donors (Lipinski definition) is 1. The number of methoxy groups -OCH3 is 2. The Morgan fingerprint density at radius 2 is 1.75 bits per heavy atom. The Hall–Kier alpha value is -2.24. The van der Waals surface area contributed by atoms with Gasteiger partial charge in [0.15, 0.2) is 0 Å². The van der Waals surface area contributed by atoms with Crippen LogP contribution in [0.25, 0.3) is 0 Å². The molecule has 2 aromatic carbocycles. The minimum Gasteiger partial charge on any atom is -0.497 e. The molecule has 1 N–H and O–H groups in total. The van der Waals surface area contributed by atoms with E-state index in [2.05, 4.69) is 10.5 Å². The third kappa shape index (κ3) is 4.19. The molecule has 0 bridgehead atoms. The molecule has 0 fully saturated rings. The highest BCUT2D eigenvalue weighted by atomic mass is 35.5. The monoisotopic (exact) mass is 366 g/mol. The van der Waals surface area contributed by atoms with Gasteiger partial charge >= 0.3 is 0 Å². The van der Waals surface area contributed by atoms with Gasteiger partial charge in [0.05, 0.1) is 30.5 Å². The Bertz CT molecular complexity index is 791. The Labute approximate surface area is 150 Å². The molecule has 0 unspecified atom stereocenters. The number of carbonyl (C=O) groups excluding carboxylic acids is 1. The molecule has 0 aliphatic heterocycles. The van der Waals surface area contributed by atoms with Gasteiger partial charge in [0, 0.05) is 16.7 Å². The molecular weight excluding hydrogens is 351 g/mol. The highest BCUT2D eigenvalue weighted by Gasteiger charge is 2.12. The lowest BCUT2D eigenvalue weighted by Gasteiger charge is -2.10. The van der Waals surface area contributed by atoms with Crippen LogP contribution in [0.1, 0.15) is 22.8 Å². The molecule has 0 saturated carbocycles. The zero-order chi connectivity index (χ0) is 17.7. The molecule has 5 nitrogen and oxygen atoms in total. The molecule has 24 heavy (non-hydrogen) atoms. The minimum absolute atomic E-state index is 0.259. The summed E-state index contributed by atoms with van der Waals surface area (Å²) in [6, 6.07) is 9.96. The standard InChI is InChI=1S/C17H16Cl2N2O3/c1-10(13-7-5-12(23-2)9-16(13)24-3)20-21-17(22)14-6-4-11(18)8-15(14)19/h4-9H,1-3H3,(H,21,22)/b20-10+. The molecule has 0 spiro atoms. The van der Waals surface area contributed by atoms with E-state index in [0.29, 0.717) is 27.8 Å². The summed E-state index contributed by atoms with van der Waals surface area (Å²) >= 11 is 11.8.